The summed E-state index contributed by atoms with van der Waals surface area (Å²) in [5.74, 6) is 4.95. The number of ether oxygens (including phenoxy) is 2. The lowest BCUT2D eigenvalue weighted by Gasteiger charge is -2.27. The first-order valence-corrected chi connectivity index (χ1v) is 19.2. The van der Waals surface area contributed by atoms with Crippen molar-refractivity contribution in [1.82, 2.24) is 14.5 Å². The van der Waals surface area contributed by atoms with Crippen LogP contribution in [0.3, 0.4) is 0 Å². The zero-order valence-electron chi connectivity index (χ0n) is 30.3. The van der Waals surface area contributed by atoms with Crippen LogP contribution in [0.1, 0.15) is 6.42 Å². The van der Waals surface area contributed by atoms with Gasteiger partial charge in [0.1, 0.15) is 5.52 Å². The van der Waals surface area contributed by atoms with Crippen molar-refractivity contribution >= 4 is 32.6 Å². The monoisotopic (exact) mass is 719 g/mol. The van der Waals surface area contributed by atoms with Crippen molar-refractivity contribution in [3.8, 4) is 62.2 Å². The highest BCUT2D eigenvalue weighted by Gasteiger charge is 2.41. The molecular formula is C51H33N3O2. The molecule has 5 nitrogen and oxygen atoms in total. The molecule has 9 aromatic rings. The predicted molar refractivity (Wildman–Crippen MR) is 225 cm³/mol. The Morgan fingerprint density at radius 1 is 0.464 bits per heavy atom. The molecule has 2 atom stereocenters. The molecule has 0 saturated heterocycles. The molecule has 1 saturated carbocycles. The Hall–Kier alpha value is -7.24. The second kappa shape index (κ2) is 12.1. The Morgan fingerprint density at radius 2 is 1.02 bits per heavy atom. The van der Waals surface area contributed by atoms with E-state index in [1.54, 1.807) is 0 Å². The van der Waals surface area contributed by atoms with Crippen LogP contribution in [0.5, 0.6) is 11.5 Å². The van der Waals surface area contributed by atoms with E-state index in [0.29, 0.717) is 17.7 Å². The first-order chi connectivity index (χ1) is 27.7. The van der Waals surface area contributed by atoms with Gasteiger partial charge in [-0.1, -0.05) is 133 Å². The smallest absolute Gasteiger partial charge is 0.195 e. The fraction of sp³-hybridized carbons (Fsp3) is 0.0588. The summed E-state index contributed by atoms with van der Waals surface area (Å²) in [5, 5.41) is 4.52. The molecule has 1 aliphatic heterocycles. The van der Waals surface area contributed by atoms with E-state index in [4.69, 9.17) is 19.4 Å². The minimum Gasteiger partial charge on any atom is -0.449 e. The topological polar surface area (TPSA) is 49.2 Å². The summed E-state index contributed by atoms with van der Waals surface area (Å²) >= 11 is 0. The van der Waals surface area contributed by atoms with Crippen molar-refractivity contribution in [2.45, 2.75) is 6.42 Å². The van der Waals surface area contributed by atoms with E-state index in [1.807, 2.05) is 36.4 Å². The third-order valence-corrected chi connectivity index (χ3v) is 11.4. The molecule has 2 aromatic heterocycles. The molecule has 3 aliphatic rings. The number of hydrogen-bond acceptors (Lipinski definition) is 4. The van der Waals surface area contributed by atoms with E-state index in [0.717, 1.165) is 102 Å². The summed E-state index contributed by atoms with van der Waals surface area (Å²) < 4.78 is 16.1. The number of allylic oxidation sites excluding steroid dienone is 2. The maximum atomic E-state index is 6.94. The van der Waals surface area contributed by atoms with Gasteiger partial charge in [0.05, 0.1) is 16.9 Å². The minimum absolute atomic E-state index is 0.532. The molecule has 264 valence electrons. The minimum atomic E-state index is 0.532. The summed E-state index contributed by atoms with van der Waals surface area (Å²) in [7, 11) is 0. The van der Waals surface area contributed by atoms with Gasteiger partial charge in [-0.05, 0) is 77.3 Å². The first-order valence-electron chi connectivity index (χ1n) is 19.2. The van der Waals surface area contributed by atoms with Crippen LogP contribution in [-0.2, 0) is 0 Å². The largest absolute Gasteiger partial charge is 0.449 e. The maximum absolute atomic E-state index is 6.94. The molecule has 0 amide bonds. The van der Waals surface area contributed by atoms with Crippen LogP contribution in [-0.4, -0.2) is 14.5 Å². The first kappa shape index (κ1) is 31.1. The average Bonchev–Trinajstić information content (AvgIpc) is 3.95. The van der Waals surface area contributed by atoms with E-state index in [-0.39, 0.29) is 0 Å². The lowest BCUT2D eigenvalue weighted by Crippen LogP contribution is -2.16. The normalized spacial score (nSPS) is 16.6. The van der Waals surface area contributed by atoms with E-state index < -0.39 is 0 Å². The second-order valence-electron chi connectivity index (χ2n) is 14.9. The molecule has 3 heterocycles. The molecule has 12 rings (SSSR count). The Labute approximate surface area is 323 Å². The summed E-state index contributed by atoms with van der Waals surface area (Å²) in [6, 6.07) is 57.2. The van der Waals surface area contributed by atoms with Gasteiger partial charge in [0.15, 0.2) is 28.8 Å². The van der Waals surface area contributed by atoms with Crippen LogP contribution in [0.4, 0.5) is 0 Å². The maximum Gasteiger partial charge on any atom is 0.195 e. The van der Waals surface area contributed by atoms with Gasteiger partial charge in [0.2, 0.25) is 0 Å². The van der Waals surface area contributed by atoms with Crippen molar-refractivity contribution in [1.29, 1.82) is 0 Å². The van der Waals surface area contributed by atoms with Crippen molar-refractivity contribution < 1.29 is 9.47 Å². The van der Waals surface area contributed by atoms with E-state index in [2.05, 4.69) is 144 Å². The van der Waals surface area contributed by atoms with Crippen LogP contribution in [0.2, 0.25) is 0 Å². The van der Waals surface area contributed by atoms with Gasteiger partial charge in [-0.3, -0.25) is 0 Å². The van der Waals surface area contributed by atoms with Crippen molar-refractivity contribution in [2.24, 2.45) is 11.8 Å². The second-order valence-corrected chi connectivity index (χ2v) is 14.9. The molecular weight excluding hydrogens is 687 g/mol. The fourth-order valence-electron chi connectivity index (χ4n) is 8.63. The van der Waals surface area contributed by atoms with Gasteiger partial charge in [0, 0.05) is 38.5 Å². The van der Waals surface area contributed by atoms with Crippen LogP contribution in [0.15, 0.2) is 187 Å². The van der Waals surface area contributed by atoms with Crippen LogP contribution in [0, 0.1) is 11.8 Å². The lowest BCUT2D eigenvalue weighted by atomic mass is 10.0. The number of fused-ring (bicyclic) bond motifs is 10. The van der Waals surface area contributed by atoms with Crippen molar-refractivity contribution in [3.05, 3.63) is 187 Å². The molecule has 1 fully saturated rings. The highest BCUT2D eigenvalue weighted by Crippen LogP contribution is 2.55. The lowest BCUT2D eigenvalue weighted by molar-refractivity contribution is 0.293. The van der Waals surface area contributed by atoms with E-state index in [9.17, 15) is 0 Å². The van der Waals surface area contributed by atoms with Gasteiger partial charge in [-0.15, -0.1) is 0 Å². The zero-order chi connectivity index (χ0) is 36.7. The van der Waals surface area contributed by atoms with Crippen LogP contribution < -0.4 is 9.47 Å². The molecule has 2 unspecified atom stereocenters. The van der Waals surface area contributed by atoms with E-state index >= 15 is 0 Å². The highest BCUT2D eigenvalue weighted by atomic mass is 16.6. The van der Waals surface area contributed by atoms with E-state index in [1.165, 1.54) is 5.39 Å². The average molecular weight is 720 g/mol. The Kier molecular flexibility index (Phi) is 6.75. The molecule has 0 radical (unpaired) electrons. The molecule has 7 aromatic carbocycles. The molecule has 0 spiro atoms. The Morgan fingerprint density at radius 3 is 1.73 bits per heavy atom. The summed E-state index contributed by atoms with van der Waals surface area (Å²) in [4.78, 5) is 10.2. The summed E-state index contributed by atoms with van der Waals surface area (Å²) in [6.45, 7) is 0. The van der Waals surface area contributed by atoms with Gasteiger partial charge < -0.3 is 14.0 Å². The fourth-order valence-corrected chi connectivity index (χ4v) is 8.63. The predicted octanol–water partition coefficient (Wildman–Crippen LogP) is 12.6. The number of rotatable bonds is 5. The Bertz CT molecular complexity index is 3070. The third kappa shape index (κ3) is 4.94. The standard InChI is InChI=1S/C51H33N3O2/c1-3-13-31(14-4-1)42-30-43(32-15-5-2-6-16-32)53-51(52-42)35-19-11-17-33(25-35)34-18-12-20-38(27-34)54-44-24-10-9-23-41(44)47-39-21-7-8-22-40(39)49-50(48(47)54)56-46-29-37-26-36(37)28-45(46)55-49/h1-25,27-30,36-37H,26H2. The number of aromatic nitrogens is 3. The zero-order valence-corrected chi connectivity index (χ0v) is 30.3. The molecule has 2 aliphatic carbocycles. The molecule has 0 N–H and O–H groups in total. The summed E-state index contributed by atoms with van der Waals surface area (Å²) in [6.07, 6.45) is 5.66. The third-order valence-electron chi connectivity index (χ3n) is 11.4. The van der Waals surface area contributed by atoms with Gasteiger partial charge >= 0.3 is 0 Å². The Balaban J connectivity index is 1.03. The van der Waals surface area contributed by atoms with Crippen LogP contribution >= 0.6 is 0 Å². The quantitative estimate of drug-likeness (QED) is 0.178. The number of benzene rings is 7. The van der Waals surface area contributed by atoms with Gasteiger partial charge in [0.25, 0.3) is 0 Å². The van der Waals surface area contributed by atoms with Gasteiger partial charge in [-0.25, -0.2) is 9.97 Å². The SMILES string of the molecule is C1=C2Oc3c(c4c(c5ccccc35)c3ccccc3n4-c3cccc(-c4cccc(-c5nc(-c6ccccc6)cc(-c6ccccc6)n5)c4)c3)OC2=CC2CC12. The van der Waals surface area contributed by atoms with Gasteiger partial charge in [-0.2, -0.15) is 0 Å². The number of hydrogen-bond donors (Lipinski definition) is 0. The molecule has 0 bridgehead atoms. The van der Waals surface area contributed by atoms with Crippen LogP contribution in [0.25, 0.3) is 83.3 Å². The molecule has 56 heavy (non-hydrogen) atoms. The number of para-hydroxylation sites is 1. The van der Waals surface area contributed by atoms with Crippen molar-refractivity contribution in [3.63, 3.8) is 0 Å². The van der Waals surface area contributed by atoms with Crippen molar-refractivity contribution in [2.75, 3.05) is 0 Å². The number of nitrogens with zero attached hydrogens (tertiary/aromatic N) is 3. The summed E-state index contributed by atoms with van der Waals surface area (Å²) in [5.41, 5.74) is 10.1. The molecule has 5 heteroatoms. The highest BCUT2D eigenvalue weighted by molar-refractivity contribution is 6.25.